The maximum absolute atomic E-state index is 12.5. The molecule has 0 atom stereocenters. The highest BCUT2D eigenvalue weighted by Crippen LogP contribution is 2.14. The Labute approximate surface area is 133 Å². The van der Waals surface area contributed by atoms with E-state index in [1.54, 1.807) is 37.1 Å². The molecular weight excluding hydrogens is 338 g/mol. The zero-order valence-electron chi connectivity index (χ0n) is 12.3. The van der Waals surface area contributed by atoms with E-state index in [1.165, 1.54) is 0 Å². The second kappa shape index (κ2) is 9.52. The molecule has 5 nitrogen and oxygen atoms in total. The summed E-state index contributed by atoms with van der Waals surface area (Å²) in [6, 6.07) is 7.16. The van der Waals surface area contributed by atoms with Crippen LogP contribution in [0.1, 0.15) is 23.7 Å². The molecule has 0 spiro atoms. The van der Waals surface area contributed by atoms with Crippen LogP contribution in [-0.4, -0.2) is 50.2 Å². The van der Waals surface area contributed by atoms with Gasteiger partial charge in [-0.25, -0.2) is 0 Å². The molecule has 0 bridgehead atoms. The Morgan fingerprint density at radius 1 is 1.29 bits per heavy atom. The van der Waals surface area contributed by atoms with Crippen molar-refractivity contribution in [2.75, 3.05) is 33.4 Å². The number of methoxy groups -OCH3 is 1. The van der Waals surface area contributed by atoms with Crippen molar-refractivity contribution in [2.24, 2.45) is 0 Å². The standard InChI is InChI=1S/C15H20BrNO4/c1-3-21-14(18)7-8-17(9-10-20-2)15(19)12-5-4-6-13(16)11-12/h4-6,11H,3,7-10H2,1-2H3. The van der Waals surface area contributed by atoms with Crippen LogP contribution in [0.3, 0.4) is 0 Å². The first-order valence-corrected chi connectivity index (χ1v) is 7.57. The molecule has 0 aliphatic carbocycles. The second-order valence-corrected chi connectivity index (χ2v) is 5.27. The molecule has 0 saturated heterocycles. The van der Waals surface area contributed by atoms with Crippen LogP contribution < -0.4 is 0 Å². The van der Waals surface area contributed by atoms with E-state index in [-0.39, 0.29) is 18.3 Å². The third-order valence-electron chi connectivity index (χ3n) is 2.82. The van der Waals surface area contributed by atoms with E-state index in [0.29, 0.717) is 31.9 Å². The summed E-state index contributed by atoms with van der Waals surface area (Å²) in [7, 11) is 1.58. The summed E-state index contributed by atoms with van der Waals surface area (Å²) in [5.41, 5.74) is 0.573. The van der Waals surface area contributed by atoms with Gasteiger partial charge in [-0.3, -0.25) is 9.59 Å². The van der Waals surface area contributed by atoms with Crippen LogP contribution in [0.25, 0.3) is 0 Å². The van der Waals surface area contributed by atoms with Gasteiger partial charge in [0, 0.05) is 30.2 Å². The van der Waals surface area contributed by atoms with Gasteiger partial charge in [0.2, 0.25) is 0 Å². The molecular formula is C15H20BrNO4. The summed E-state index contributed by atoms with van der Waals surface area (Å²) in [5, 5.41) is 0. The van der Waals surface area contributed by atoms with E-state index in [1.807, 2.05) is 6.07 Å². The van der Waals surface area contributed by atoms with Crippen molar-refractivity contribution < 1.29 is 19.1 Å². The molecule has 0 radical (unpaired) electrons. The summed E-state index contributed by atoms with van der Waals surface area (Å²) in [6.45, 7) is 3.26. The predicted octanol–water partition coefficient (Wildman–Crippen LogP) is 2.49. The predicted molar refractivity (Wildman–Crippen MR) is 83.2 cm³/mol. The van der Waals surface area contributed by atoms with Crippen LogP contribution in [0.15, 0.2) is 28.7 Å². The van der Waals surface area contributed by atoms with Crippen LogP contribution in [0.5, 0.6) is 0 Å². The first kappa shape index (κ1) is 17.7. The number of hydrogen-bond acceptors (Lipinski definition) is 4. The van der Waals surface area contributed by atoms with Gasteiger partial charge in [0.1, 0.15) is 0 Å². The lowest BCUT2D eigenvalue weighted by molar-refractivity contribution is -0.143. The van der Waals surface area contributed by atoms with Crippen molar-refractivity contribution in [3.63, 3.8) is 0 Å². The van der Waals surface area contributed by atoms with E-state index in [0.717, 1.165) is 4.47 Å². The third-order valence-corrected chi connectivity index (χ3v) is 3.31. The van der Waals surface area contributed by atoms with Gasteiger partial charge in [0.25, 0.3) is 5.91 Å². The summed E-state index contributed by atoms with van der Waals surface area (Å²) in [4.78, 5) is 25.5. The number of ether oxygens (including phenoxy) is 2. The normalized spacial score (nSPS) is 10.2. The number of carbonyl (C=O) groups excluding carboxylic acids is 2. The topological polar surface area (TPSA) is 55.8 Å². The van der Waals surface area contributed by atoms with Gasteiger partial charge in [-0.1, -0.05) is 22.0 Å². The summed E-state index contributed by atoms with van der Waals surface area (Å²) < 4.78 is 10.7. The van der Waals surface area contributed by atoms with Gasteiger partial charge < -0.3 is 14.4 Å². The molecule has 0 heterocycles. The first-order valence-electron chi connectivity index (χ1n) is 6.78. The fourth-order valence-electron chi connectivity index (χ4n) is 1.78. The van der Waals surface area contributed by atoms with E-state index in [2.05, 4.69) is 15.9 Å². The average molecular weight is 358 g/mol. The Kier molecular flexibility index (Phi) is 8.00. The second-order valence-electron chi connectivity index (χ2n) is 4.35. The zero-order valence-corrected chi connectivity index (χ0v) is 13.9. The fraction of sp³-hybridized carbons (Fsp3) is 0.467. The summed E-state index contributed by atoms with van der Waals surface area (Å²) in [5.74, 6) is -0.431. The van der Waals surface area contributed by atoms with Gasteiger partial charge in [-0.15, -0.1) is 0 Å². The SMILES string of the molecule is CCOC(=O)CCN(CCOC)C(=O)c1cccc(Br)c1. The van der Waals surface area contributed by atoms with Crippen molar-refractivity contribution in [3.05, 3.63) is 34.3 Å². The van der Waals surface area contributed by atoms with E-state index in [9.17, 15) is 9.59 Å². The van der Waals surface area contributed by atoms with Gasteiger partial charge in [-0.05, 0) is 25.1 Å². The van der Waals surface area contributed by atoms with Crippen molar-refractivity contribution in [1.29, 1.82) is 0 Å². The van der Waals surface area contributed by atoms with Gasteiger partial charge in [0.15, 0.2) is 0 Å². The quantitative estimate of drug-likeness (QED) is 0.670. The molecule has 0 N–H and O–H groups in total. The number of hydrogen-bond donors (Lipinski definition) is 0. The van der Waals surface area contributed by atoms with Gasteiger partial charge >= 0.3 is 5.97 Å². The smallest absolute Gasteiger partial charge is 0.307 e. The number of esters is 1. The summed E-state index contributed by atoms with van der Waals surface area (Å²) >= 11 is 3.35. The van der Waals surface area contributed by atoms with Crippen molar-refractivity contribution >= 4 is 27.8 Å². The highest BCUT2D eigenvalue weighted by atomic mass is 79.9. The molecule has 0 aliphatic rings. The number of carbonyl (C=O) groups is 2. The van der Waals surface area contributed by atoms with Crippen LogP contribution in [0.2, 0.25) is 0 Å². The average Bonchev–Trinajstić information content (AvgIpc) is 2.47. The maximum atomic E-state index is 12.5. The molecule has 0 fully saturated rings. The zero-order chi connectivity index (χ0) is 15.7. The minimum Gasteiger partial charge on any atom is -0.466 e. The molecule has 6 heteroatoms. The van der Waals surface area contributed by atoms with E-state index in [4.69, 9.17) is 9.47 Å². The van der Waals surface area contributed by atoms with Gasteiger partial charge in [0.05, 0.1) is 19.6 Å². The van der Waals surface area contributed by atoms with Crippen LogP contribution in [-0.2, 0) is 14.3 Å². The van der Waals surface area contributed by atoms with Crippen LogP contribution in [0.4, 0.5) is 0 Å². The molecule has 21 heavy (non-hydrogen) atoms. The minimum absolute atomic E-state index is 0.127. The Hall–Kier alpha value is -1.40. The minimum atomic E-state index is -0.304. The number of rotatable bonds is 8. The van der Waals surface area contributed by atoms with Crippen LogP contribution in [0, 0.1) is 0 Å². The van der Waals surface area contributed by atoms with E-state index < -0.39 is 0 Å². The van der Waals surface area contributed by atoms with Gasteiger partial charge in [-0.2, -0.15) is 0 Å². The first-order chi connectivity index (χ1) is 10.1. The van der Waals surface area contributed by atoms with E-state index >= 15 is 0 Å². The lowest BCUT2D eigenvalue weighted by atomic mass is 10.2. The van der Waals surface area contributed by atoms with Crippen molar-refractivity contribution in [2.45, 2.75) is 13.3 Å². The Morgan fingerprint density at radius 3 is 2.67 bits per heavy atom. The third kappa shape index (κ3) is 6.27. The monoisotopic (exact) mass is 357 g/mol. The number of nitrogens with zero attached hydrogens (tertiary/aromatic N) is 1. The molecule has 1 aromatic rings. The Morgan fingerprint density at radius 2 is 2.05 bits per heavy atom. The Balaban J connectivity index is 2.71. The van der Waals surface area contributed by atoms with Crippen LogP contribution >= 0.6 is 15.9 Å². The maximum Gasteiger partial charge on any atom is 0.307 e. The summed E-state index contributed by atoms with van der Waals surface area (Å²) in [6.07, 6.45) is 0.178. The molecule has 0 saturated carbocycles. The largest absolute Gasteiger partial charge is 0.466 e. The molecule has 0 aromatic heterocycles. The molecule has 1 amide bonds. The lowest BCUT2D eigenvalue weighted by Crippen LogP contribution is -2.35. The Bertz CT molecular complexity index is 478. The number of benzene rings is 1. The molecule has 116 valence electrons. The fourth-order valence-corrected chi connectivity index (χ4v) is 2.18. The molecule has 1 aromatic carbocycles. The molecule has 0 aliphatic heterocycles. The van der Waals surface area contributed by atoms with Crippen molar-refractivity contribution in [3.8, 4) is 0 Å². The number of amides is 1. The lowest BCUT2D eigenvalue weighted by Gasteiger charge is -2.22. The highest BCUT2D eigenvalue weighted by molar-refractivity contribution is 9.10. The highest BCUT2D eigenvalue weighted by Gasteiger charge is 2.17. The number of halogens is 1. The molecule has 0 unspecified atom stereocenters. The van der Waals surface area contributed by atoms with Crippen molar-refractivity contribution in [1.82, 2.24) is 4.90 Å². The molecule has 1 rings (SSSR count).